The summed E-state index contributed by atoms with van der Waals surface area (Å²) in [5, 5.41) is 0. The molecule has 0 aromatic rings. The number of unbranched alkanes of at least 4 members (excludes halogenated alkanes) is 26. The lowest BCUT2D eigenvalue weighted by Gasteiger charge is -2.18. The number of ketones is 1. The molecule has 54 heavy (non-hydrogen) atoms. The van der Waals surface area contributed by atoms with Crippen molar-refractivity contribution < 1.29 is 23.9 Å². The van der Waals surface area contributed by atoms with Gasteiger partial charge in [0.2, 0.25) is 0 Å². The number of ether oxygens (including phenoxy) is 2. The molecule has 0 amide bonds. The summed E-state index contributed by atoms with van der Waals surface area (Å²) in [6.07, 6.45) is 44.6. The van der Waals surface area contributed by atoms with Gasteiger partial charge in [-0.2, -0.15) is 0 Å². The molecule has 0 rings (SSSR count). The standard InChI is InChI=1S/C49H94O5/c1-5-9-13-17-21-31-39-46(40-32-22-18-14-10-6-2)53-48(51)43-35-27-25-29-37-45(50)38-30-26-28-36-44-49(52)54-47(41-33-23-19-15-11-7-3)42-34-24-20-16-12-8-4/h46-47H,5-44H2,1-4H3. The second-order valence-electron chi connectivity index (χ2n) is 16.8. The van der Waals surface area contributed by atoms with Gasteiger partial charge in [-0.1, -0.05) is 182 Å². The molecule has 0 saturated heterocycles. The lowest BCUT2D eigenvalue weighted by Crippen LogP contribution is -2.18. The van der Waals surface area contributed by atoms with Gasteiger partial charge in [0.25, 0.3) is 0 Å². The van der Waals surface area contributed by atoms with E-state index in [0.717, 1.165) is 77.0 Å². The molecule has 0 spiro atoms. The molecule has 0 aromatic carbocycles. The number of Topliss-reactive ketones (excluding diaryl/α,β-unsaturated/α-hetero) is 1. The van der Waals surface area contributed by atoms with Crippen LogP contribution in [0.4, 0.5) is 0 Å². The molecule has 5 heteroatoms. The van der Waals surface area contributed by atoms with Gasteiger partial charge in [0, 0.05) is 25.7 Å². The first-order valence-corrected chi connectivity index (χ1v) is 24.4. The molecule has 0 unspecified atom stereocenters. The molecule has 0 fully saturated rings. The highest BCUT2D eigenvalue weighted by Crippen LogP contribution is 2.20. The van der Waals surface area contributed by atoms with Gasteiger partial charge in [-0.05, 0) is 77.0 Å². The predicted octanol–water partition coefficient (Wildman–Crippen LogP) is 16.1. The van der Waals surface area contributed by atoms with E-state index in [1.807, 2.05) is 0 Å². The van der Waals surface area contributed by atoms with Gasteiger partial charge < -0.3 is 9.47 Å². The highest BCUT2D eigenvalue weighted by Gasteiger charge is 2.16. The van der Waals surface area contributed by atoms with E-state index >= 15 is 0 Å². The van der Waals surface area contributed by atoms with Crippen molar-refractivity contribution in [2.75, 3.05) is 0 Å². The summed E-state index contributed by atoms with van der Waals surface area (Å²) in [6, 6.07) is 0. The molecule has 0 bridgehead atoms. The highest BCUT2D eigenvalue weighted by molar-refractivity contribution is 5.78. The highest BCUT2D eigenvalue weighted by atomic mass is 16.5. The largest absolute Gasteiger partial charge is 0.462 e. The maximum Gasteiger partial charge on any atom is 0.306 e. The minimum atomic E-state index is -0.0255. The molecule has 0 radical (unpaired) electrons. The van der Waals surface area contributed by atoms with Crippen LogP contribution in [0.5, 0.6) is 0 Å². The van der Waals surface area contributed by atoms with E-state index in [9.17, 15) is 14.4 Å². The second-order valence-corrected chi connectivity index (χ2v) is 16.8. The minimum Gasteiger partial charge on any atom is -0.462 e. The third kappa shape index (κ3) is 38.9. The summed E-state index contributed by atoms with van der Waals surface area (Å²) in [5.74, 6) is 0.304. The number of rotatable bonds is 44. The predicted molar refractivity (Wildman–Crippen MR) is 232 cm³/mol. The fourth-order valence-corrected chi connectivity index (χ4v) is 7.64. The summed E-state index contributed by atoms with van der Waals surface area (Å²) in [6.45, 7) is 9.02. The quantitative estimate of drug-likeness (QED) is 0.0457. The number of esters is 2. The molecule has 0 saturated carbocycles. The van der Waals surface area contributed by atoms with E-state index in [4.69, 9.17) is 9.47 Å². The Morgan fingerprint density at radius 1 is 0.296 bits per heavy atom. The van der Waals surface area contributed by atoms with E-state index in [0.29, 0.717) is 31.5 Å². The molecule has 0 atom stereocenters. The Bertz CT molecular complexity index is 714. The van der Waals surface area contributed by atoms with Gasteiger partial charge in [0.15, 0.2) is 0 Å². The Balaban J connectivity index is 4.10. The zero-order chi connectivity index (χ0) is 39.6. The summed E-state index contributed by atoms with van der Waals surface area (Å²) in [4.78, 5) is 37.8. The Hall–Kier alpha value is -1.39. The lowest BCUT2D eigenvalue weighted by molar-refractivity contribution is -0.151. The average molecular weight is 763 g/mol. The SMILES string of the molecule is CCCCCCCCC(CCCCCCCC)OC(=O)CCCCCCC(=O)CCCCCCC(=O)OC(CCCCCCCC)CCCCCCCC. The molecule has 5 nitrogen and oxygen atoms in total. The first-order valence-electron chi connectivity index (χ1n) is 24.4. The van der Waals surface area contributed by atoms with Gasteiger partial charge in [-0.15, -0.1) is 0 Å². The Morgan fingerprint density at radius 2 is 0.519 bits per heavy atom. The van der Waals surface area contributed by atoms with Crippen molar-refractivity contribution in [3.8, 4) is 0 Å². The number of carbonyl (C=O) groups excluding carboxylic acids is 3. The van der Waals surface area contributed by atoms with Crippen molar-refractivity contribution in [3.05, 3.63) is 0 Å². The van der Waals surface area contributed by atoms with Crippen LogP contribution in [0.1, 0.15) is 285 Å². The van der Waals surface area contributed by atoms with Crippen molar-refractivity contribution >= 4 is 17.7 Å². The van der Waals surface area contributed by atoms with E-state index < -0.39 is 0 Å². The van der Waals surface area contributed by atoms with Crippen LogP contribution < -0.4 is 0 Å². The molecule has 320 valence electrons. The van der Waals surface area contributed by atoms with E-state index in [1.165, 1.54) is 154 Å². The molecule has 0 aliphatic carbocycles. The van der Waals surface area contributed by atoms with Crippen LogP contribution in [0.2, 0.25) is 0 Å². The third-order valence-corrected chi connectivity index (χ3v) is 11.3. The van der Waals surface area contributed by atoms with Crippen molar-refractivity contribution in [3.63, 3.8) is 0 Å². The first-order chi connectivity index (χ1) is 26.5. The van der Waals surface area contributed by atoms with Gasteiger partial charge in [0.1, 0.15) is 18.0 Å². The Kier molecular flexibility index (Phi) is 41.6. The summed E-state index contributed by atoms with van der Waals surface area (Å²) in [7, 11) is 0. The van der Waals surface area contributed by atoms with Crippen LogP contribution >= 0.6 is 0 Å². The van der Waals surface area contributed by atoms with Crippen molar-refractivity contribution in [1.82, 2.24) is 0 Å². The average Bonchev–Trinajstić information content (AvgIpc) is 3.16. The van der Waals surface area contributed by atoms with Gasteiger partial charge in [-0.25, -0.2) is 0 Å². The van der Waals surface area contributed by atoms with Gasteiger partial charge >= 0.3 is 11.9 Å². The summed E-state index contributed by atoms with van der Waals surface area (Å²) < 4.78 is 12.0. The molecule has 0 aliphatic rings. The molecule has 0 aromatic heterocycles. The molecule has 0 heterocycles. The zero-order valence-electron chi connectivity index (χ0n) is 37.0. The van der Waals surface area contributed by atoms with Crippen LogP contribution in [-0.4, -0.2) is 29.9 Å². The summed E-state index contributed by atoms with van der Waals surface area (Å²) >= 11 is 0. The molecule has 0 aliphatic heterocycles. The van der Waals surface area contributed by atoms with Gasteiger partial charge in [-0.3, -0.25) is 14.4 Å². The van der Waals surface area contributed by atoms with Gasteiger partial charge in [0.05, 0.1) is 0 Å². The minimum absolute atomic E-state index is 0.0255. The smallest absolute Gasteiger partial charge is 0.306 e. The van der Waals surface area contributed by atoms with Crippen LogP contribution in [-0.2, 0) is 23.9 Å². The number of hydrogen-bond donors (Lipinski definition) is 0. The fraction of sp³-hybridized carbons (Fsp3) is 0.939. The maximum atomic E-state index is 12.7. The zero-order valence-corrected chi connectivity index (χ0v) is 37.0. The Labute approximate surface area is 337 Å². The third-order valence-electron chi connectivity index (χ3n) is 11.3. The topological polar surface area (TPSA) is 69.7 Å². The van der Waals surface area contributed by atoms with E-state index in [1.54, 1.807) is 0 Å². The van der Waals surface area contributed by atoms with Crippen molar-refractivity contribution in [2.45, 2.75) is 297 Å². The lowest BCUT2D eigenvalue weighted by atomic mass is 10.0. The normalized spacial score (nSPS) is 11.5. The van der Waals surface area contributed by atoms with Crippen LogP contribution in [0, 0.1) is 0 Å². The maximum absolute atomic E-state index is 12.7. The van der Waals surface area contributed by atoms with Crippen LogP contribution in [0.25, 0.3) is 0 Å². The first kappa shape index (κ1) is 52.6. The summed E-state index contributed by atoms with van der Waals surface area (Å²) in [5.41, 5.74) is 0. The van der Waals surface area contributed by atoms with Crippen molar-refractivity contribution in [2.24, 2.45) is 0 Å². The molecular weight excluding hydrogens is 669 g/mol. The molecular formula is C49H94O5. The monoisotopic (exact) mass is 763 g/mol. The van der Waals surface area contributed by atoms with E-state index in [2.05, 4.69) is 27.7 Å². The van der Waals surface area contributed by atoms with Crippen LogP contribution in [0.15, 0.2) is 0 Å². The second kappa shape index (κ2) is 42.7. The number of hydrogen-bond acceptors (Lipinski definition) is 5. The fourth-order valence-electron chi connectivity index (χ4n) is 7.64. The number of carbonyl (C=O) groups is 3. The Morgan fingerprint density at radius 3 is 0.796 bits per heavy atom. The van der Waals surface area contributed by atoms with Crippen LogP contribution in [0.3, 0.4) is 0 Å². The van der Waals surface area contributed by atoms with E-state index in [-0.39, 0.29) is 24.1 Å². The van der Waals surface area contributed by atoms with Crippen molar-refractivity contribution in [1.29, 1.82) is 0 Å². The molecule has 0 N–H and O–H groups in total.